The summed E-state index contributed by atoms with van der Waals surface area (Å²) in [6.45, 7) is 2.62. The molecule has 1 N–H and O–H groups in total. The van der Waals surface area contributed by atoms with Crippen molar-refractivity contribution in [2.45, 2.75) is 57.5 Å². The molecule has 1 aliphatic heterocycles. The van der Waals surface area contributed by atoms with E-state index >= 15 is 0 Å². The van der Waals surface area contributed by atoms with Gasteiger partial charge >= 0.3 is 0 Å². The zero-order valence-electron chi connectivity index (χ0n) is 14.4. The van der Waals surface area contributed by atoms with E-state index in [2.05, 4.69) is 9.88 Å². The second kappa shape index (κ2) is 7.30. The molecule has 0 atom stereocenters. The van der Waals surface area contributed by atoms with Crippen molar-refractivity contribution in [3.63, 3.8) is 0 Å². The van der Waals surface area contributed by atoms with Crippen LogP contribution in [-0.4, -0.2) is 26.5 Å². The summed E-state index contributed by atoms with van der Waals surface area (Å²) in [6, 6.07) is 5.20. The van der Waals surface area contributed by atoms with Gasteiger partial charge < -0.3 is 5.11 Å². The first-order valence-electron chi connectivity index (χ1n) is 9.23. The van der Waals surface area contributed by atoms with Crippen LogP contribution in [0.1, 0.15) is 60.7 Å². The largest absolute Gasteiger partial charge is 0.508 e. The van der Waals surface area contributed by atoms with Crippen LogP contribution in [0, 0.1) is 0 Å². The number of hydrogen-bond donors (Lipinski definition) is 1. The summed E-state index contributed by atoms with van der Waals surface area (Å²) >= 11 is 6.24. The fourth-order valence-electron chi connectivity index (χ4n) is 3.99. The van der Waals surface area contributed by atoms with Crippen molar-refractivity contribution in [1.29, 1.82) is 0 Å². The molecule has 0 unspecified atom stereocenters. The highest BCUT2D eigenvalue weighted by atomic mass is 35.5. The monoisotopic (exact) mass is 357 g/mol. The van der Waals surface area contributed by atoms with Gasteiger partial charge in [0, 0.05) is 54.4 Å². The lowest BCUT2D eigenvalue weighted by molar-refractivity contribution is 0.242. The maximum atomic E-state index is 9.49. The average Bonchev–Trinajstić information content (AvgIpc) is 2.64. The van der Waals surface area contributed by atoms with Crippen LogP contribution < -0.4 is 0 Å². The Morgan fingerprint density at radius 3 is 2.84 bits per heavy atom. The molecule has 1 saturated carbocycles. The highest BCUT2D eigenvalue weighted by Gasteiger charge is 2.23. The Bertz CT molecular complexity index is 759. The van der Waals surface area contributed by atoms with E-state index in [9.17, 15) is 5.11 Å². The fraction of sp³-hybridized carbons (Fsp3) is 0.500. The molecule has 1 aromatic carbocycles. The van der Waals surface area contributed by atoms with Crippen LogP contribution in [0.4, 0.5) is 0 Å². The molecule has 1 fully saturated rings. The molecule has 0 spiro atoms. The van der Waals surface area contributed by atoms with E-state index in [1.165, 1.54) is 43.4 Å². The maximum absolute atomic E-state index is 9.49. The van der Waals surface area contributed by atoms with Crippen molar-refractivity contribution in [2.24, 2.45) is 0 Å². The van der Waals surface area contributed by atoms with Gasteiger partial charge in [-0.2, -0.15) is 0 Å². The highest BCUT2D eigenvalue weighted by molar-refractivity contribution is 6.31. The van der Waals surface area contributed by atoms with E-state index in [0.29, 0.717) is 10.9 Å². The first-order chi connectivity index (χ1) is 12.2. The molecule has 2 aliphatic rings. The number of phenolic OH excluding ortho intramolecular Hbond substituents is 1. The van der Waals surface area contributed by atoms with Crippen molar-refractivity contribution >= 4 is 11.6 Å². The number of phenols is 1. The zero-order valence-corrected chi connectivity index (χ0v) is 15.2. The van der Waals surface area contributed by atoms with E-state index in [1.807, 2.05) is 12.3 Å². The molecule has 132 valence electrons. The third-order valence-electron chi connectivity index (χ3n) is 5.43. The molecule has 0 bridgehead atoms. The number of aromatic nitrogens is 2. The third kappa shape index (κ3) is 3.80. The predicted molar refractivity (Wildman–Crippen MR) is 98.8 cm³/mol. The quantitative estimate of drug-likeness (QED) is 0.882. The summed E-state index contributed by atoms with van der Waals surface area (Å²) in [5.74, 6) is 1.84. The number of benzene rings is 1. The minimum atomic E-state index is 0.210. The Kier molecular flexibility index (Phi) is 4.91. The van der Waals surface area contributed by atoms with Gasteiger partial charge in [-0.25, -0.2) is 9.97 Å². The van der Waals surface area contributed by atoms with E-state index in [1.54, 1.807) is 12.1 Å². The summed E-state index contributed by atoms with van der Waals surface area (Å²) in [5.41, 5.74) is 3.51. The SMILES string of the molecule is Oc1ccc(CN2CCc3nc(C4CCCCC4)ncc3C2)c(Cl)c1. The molecule has 4 nitrogen and oxygen atoms in total. The van der Waals surface area contributed by atoms with E-state index in [4.69, 9.17) is 16.6 Å². The van der Waals surface area contributed by atoms with Crippen LogP contribution in [0.15, 0.2) is 24.4 Å². The van der Waals surface area contributed by atoms with Crippen molar-refractivity contribution in [3.8, 4) is 5.75 Å². The maximum Gasteiger partial charge on any atom is 0.131 e. The summed E-state index contributed by atoms with van der Waals surface area (Å²) in [5, 5.41) is 10.1. The van der Waals surface area contributed by atoms with Gasteiger partial charge in [0.25, 0.3) is 0 Å². The van der Waals surface area contributed by atoms with Crippen LogP contribution in [0.2, 0.25) is 5.02 Å². The standard InChI is InChI=1S/C20H24ClN3O/c21-18-10-17(25)7-6-15(18)12-24-9-8-19-16(13-24)11-22-20(23-19)14-4-2-1-3-5-14/h6-7,10-11,14,25H,1-5,8-9,12-13H2. The Morgan fingerprint density at radius 2 is 2.04 bits per heavy atom. The Balaban J connectivity index is 1.46. The highest BCUT2D eigenvalue weighted by Crippen LogP contribution is 2.31. The minimum absolute atomic E-state index is 0.210. The zero-order chi connectivity index (χ0) is 17.2. The molecule has 2 aromatic rings. The summed E-state index contributed by atoms with van der Waals surface area (Å²) in [6.07, 6.45) is 9.47. The molecule has 0 saturated heterocycles. The van der Waals surface area contributed by atoms with Gasteiger partial charge in [0.15, 0.2) is 0 Å². The molecule has 1 aliphatic carbocycles. The van der Waals surface area contributed by atoms with Gasteiger partial charge in [-0.3, -0.25) is 4.90 Å². The number of halogens is 1. The summed E-state index contributed by atoms with van der Waals surface area (Å²) in [7, 11) is 0. The number of hydrogen-bond acceptors (Lipinski definition) is 4. The average molecular weight is 358 g/mol. The summed E-state index contributed by atoms with van der Waals surface area (Å²) in [4.78, 5) is 12.0. The van der Waals surface area contributed by atoms with Crippen LogP contribution in [0.5, 0.6) is 5.75 Å². The van der Waals surface area contributed by atoms with E-state index < -0.39 is 0 Å². The van der Waals surface area contributed by atoms with Gasteiger partial charge in [-0.1, -0.05) is 36.9 Å². The smallest absolute Gasteiger partial charge is 0.131 e. The summed E-state index contributed by atoms with van der Waals surface area (Å²) < 4.78 is 0. The number of fused-ring (bicyclic) bond motifs is 1. The second-order valence-corrected chi connectivity index (χ2v) is 7.68. The first kappa shape index (κ1) is 16.8. The molecule has 0 radical (unpaired) electrons. The van der Waals surface area contributed by atoms with E-state index in [0.717, 1.165) is 37.4 Å². The minimum Gasteiger partial charge on any atom is -0.508 e. The molecular formula is C20H24ClN3O. The number of rotatable bonds is 3. The van der Waals surface area contributed by atoms with Crippen molar-refractivity contribution in [3.05, 3.63) is 52.1 Å². The lowest BCUT2D eigenvalue weighted by Gasteiger charge is -2.29. The molecule has 2 heterocycles. The predicted octanol–water partition coefficient (Wildman–Crippen LogP) is 4.44. The van der Waals surface area contributed by atoms with Crippen LogP contribution in [0.25, 0.3) is 0 Å². The van der Waals surface area contributed by atoms with Crippen molar-refractivity contribution in [2.75, 3.05) is 6.54 Å². The Labute approximate surface area is 153 Å². The molecular weight excluding hydrogens is 334 g/mol. The molecule has 25 heavy (non-hydrogen) atoms. The van der Waals surface area contributed by atoms with Gasteiger partial charge in [0.1, 0.15) is 11.6 Å². The molecule has 1 aromatic heterocycles. The molecule has 5 heteroatoms. The Hall–Kier alpha value is -1.65. The van der Waals surface area contributed by atoms with Gasteiger partial charge in [0.2, 0.25) is 0 Å². The second-order valence-electron chi connectivity index (χ2n) is 7.27. The number of aromatic hydroxyl groups is 1. The number of nitrogens with zero attached hydrogens (tertiary/aromatic N) is 3. The van der Waals surface area contributed by atoms with Gasteiger partial charge in [0.05, 0.1) is 0 Å². The normalized spacial score (nSPS) is 18.9. The molecule has 4 rings (SSSR count). The van der Waals surface area contributed by atoms with Gasteiger partial charge in [-0.05, 0) is 30.5 Å². The first-order valence-corrected chi connectivity index (χ1v) is 9.61. The molecule has 0 amide bonds. The van der Waals surface area contributed by atoms with Gasteiger partial charge in [-0.15, -0.1) is 0 Å². The lowest BCUT2D eigenvalue weighted by atomic mass is 9.88. The van der Waals surface area contributed by atoms with Crippen molar-refractivity contribution in [1.82, 2.24) is 14.9 Å². The van der Waals surface area contributed by atoms with Crippen LogP contribution >= 0.6 is 11.6 Å². The van der Waals surface area contributed by atoms with Crippen LogP contribution in [-0.2, 0) is 19.5 Å². The lowest BCUT2D eigenvalue weighted by Crippen LogP contribution is -2.31. The topological polar surface area (TPSA) is 49.2 Å². The fourth-order valence-corrected chi connectivity index (χ4v) is 4.22. The Morgan fingerprint density at radius 1 is 1.20 bits per heavy atom. The van der Waals surface area contributed by atoms with E-state index in [-0.39, 0.29) is 5.75 Å². The van der Waals surface area contributed by atoms with Crippen LogP contribution in [0.3, 0.4) is 0 Å². The third-order valence-corrected chi connectivity index (χ3v) is 5.78. The van der Waals surface area contributed by atoms with Crippen molar-refractivity contribution < 1.29 is 5.11 Å².